The number of fused-ring (bicyclic) bond motifs is 12. The van der Waals surface area contributed by atoms with Crippen molar-refractivity contribution in [3.05, 3.63) is 138 Å². The summed E-state index contributed by atoms with van der Waals surface area (Å²) < 4.78 is 0. The summed E-state index contributed by atoms with van der Waals surface area (Å²) in [5.74, 6) is 0. The lowest BCUT2D eigenvalue weighted by atomic mass is 9.31. The summed E-state index contributed by atoms with van der Waals surface area (Å²) in [4.78, 5) is 0. The zero-order valence-electron chi connectivity index (χ0n) is 22.5. The van der Waals surface area contributed by atoms with Crippen molar-refractivity contribution in [1.82, 2.24) is 0 Å². The fourth-order valence-electron chi connectivity index (χ4n) is 9.03. The Hall–Kier alpha value is -4.88. The number of rotatable bonds is 0. The summed E-state index contributed by atoms with van der Waals surface area (Å²) in [5.41, 5.74) is 21.7. The smallest absolute Gasteiger partial charge is 0.0663 e. The Balaban J connectivity index is 1.29. The third-order valence-corrected chi connectivity index (χ3v) is 10.5. The normalized spacial score (nSPS) is 14.1. The summed E-state index contributed by atoms with van der Waals surface area (Å²) in [6, 6.07) is 44.3. The maximum absolute atomic E-state index is 2.53. The van der Waals surface area contributed by atoms with Crippen molar-refractivity contribution in [2.45, 2.75) is 12.8 Å². The molecule has 0 unspecified atom stereocenters. The van der Waals surface area contributed by atoms with E-state index < -0.39 is 0 Å². The Morgan fingerprint density at radius 3 is 1.39 bits per heavy atom. The largest absolute Gasteiger partial charge is 0.244 e. The van der Waals surface area contributed by atoms with Gasteiger partial charge in [-0.15, -0.1) is 0 Å². The van der Waals surface area contributed by atoms with Crippen LogP contribution >= 0.6 is 0 Å². The molecule has 7 aromatic carbocycles. The van der Waals surface area contributed by atoms with E-state index in [1.54, 1.807) is 0 Å². The highest BCUT2D eigenvalue weighted by Gasteiger charge is 2.40. The SMILES string of the molecule is c1ccc2c(c1)Cc1cc3c4c(cccc4c1-2)B1c2c-3cccc2-c2cc3c(c4cccc1c24)-c1ccccc1C3. The van der Waals surface area contributed by atoms with Gasteiger partial charge in [0.2, 0.25) is 6.71 Å². The van der Waals surface area contributed by atoms with E-state index in [4.69, 9.17) is 0 Å². The summed E-state index contributed by atoms with van der Waals surface area (Å²) in [6.45, 7) is 0.234. The van der Waals surface area contributed by atoms with Gasteiger partial charge in [0.15, 0.2) is 0 Å². The standard InChI is InChI=1S/C40H23B/c1-3-10-26-22(8-1)18-24-20-32-28-12-5-13-29-33-21-25-19-23-9-2-4-11-27(23)37(25)31-15-7-17-35(39(31)33)41(40(28)29)34-16-6-14-30(36(24)26)38(32)34/h1-17,20-21H,18-19H2. The third kappa shape index (κ3) is 2.38. The predicted molar refractivity (Wildman–Crippen MR) is 173 cm³/mol. The molecule has 0 radical (unpaired) electrons. The molecule has 0 nitrogen and oxygen atoms in total. The Labute approximate surface area is 239 Å². The second-order valence-electron chi connectivity index (χ2n) is 12.3. The molecule has 11 rings (SSSR count). The van der Waals surface area contributed by atoms with Crippen molar-refractivity contribution in [3.63, 3.8) is 0 Å². The molecule has 2 aliphatic carbocycles. The van der Waals surface area contributed by atoms with Crippen LogP contribution in [0, 0.1) is 0 Å². The fourth-order valence-corrected chi connectivity index (χ4v) is 9.03. The molecule has 186 valence electrons. The first-order chi connectivity index (χ1) is 20.3. The molecule has 41 heavy (non-hydrogen) atoms. The van der Waals surface area contributed by atoms with Crippen molar-refractivity contribution in [3.8, 4) is 44.5 Å². The zero-order chi connectivity index (χ0) is 26.4. The average Bonchev–Trinajstić information content (AvgIpc) is 3.59. The van der Waals surface area contributed by atoms with Crippen molar-refractivity contribution in [1.29, 1.82) is 0 Å². The molecule has 0 saturated carbocycles. The van der Waals surface area contributed by atoms with Crippen LogP contribution in [0.1, 0.15) is 22.3 Å². The first-order valence-electron chi connectivity index (χ1n) is 14.8. The van der Waals surface area contributed by atoms with Crippen molar-refractivity contribution in [2.75, 3.05) is 0 Å². The summed E-state index contributed by atoms with van der Waals surface area (Å²) in [7, 11) is 0. The van der Waals surface area contributed by atoms with Crippen LogP contribution in [0.15, 0.2) is 115 Å². The van der Waals surface area contributed by atoms with Crippen LogP contribution in [0.4, 0.5) is 0 Å². The zero-order valence-corrected chi connectivity index (χ0v) is 22.5. The first-order valence-corrected chi connectivity index (χ1v) is 14.8. The second-order valence-corrected chi connectivity index (χ2v) is 12.3. The predicted octanol–water partition coefficient (Wildman–Crippen LogP) is 7.61. The van der Waals surface area contributed by atoms with Crippen molar-refractivity contribution in [2.24, 2.45) is 0 Å². The molecular formula is C40H23B. The molecule has 1 heteroatoms. The summed E-state index contributed by atoms with van der Waals surface area (Å²) >= 11 is 0. The molecule has 0 atom stereocenters. The van der Waals surface area contributed by atoms with Crippen LogP contribution in [0.5, 0.6) is 0 Å². The number of hydrogen-bond donors (Lipinski definition) is 0. The van der Waals surface area contributed by atoms with Crippen LogP contribution in [0.3, 0.4) is 0 Å². The van der Waals surface area contributed by atoms with Gasteiger partial charge in [-0.2, -0.15) is 0 Å². The van der Waals surface area contributed by atoms with Crippen LogP contribution in [-0.4, -0.2) is 6.71 Å². The van der Waals surface area contributed by atoms with Gasteiger partial charge in [0.05, 0.1) is 0 Å². The summed E-state index contributed by atoms with van der Waals surface area (Å²) in [6.07, 6.45) is 2.04. The lowest BCUT2D eigenvalue weighted by Crippen LogP contribution is -2.57. The first kappa shape index (κ1) is 20.9. The highest BCUT2D eigenvalue weighted by molar-refractivity contribution is 7.01. The third-order valence-electron chi connectivity index (χ3n) is 10.5. The van der Waals surface area contributed by atoms with Crippen LogP contribution in [0.2, 0.25) is 0 Å². The van der Waals surface area contributed by atoms with Gasteiger partial charge in [-0.25, -0.2) is 0 Å². The van der Waals surface area contributed by atoms with E-state index >= 15 is 0 Å². The monoisotopic (exact) mass is 514 g/mol. The van der Waals surface area contributed by atoms with Gasteiger partial charge in [0.1, 0.15) is 0 Å². The Morgan fingerprint density at radius 1 is 0.390 bits per heavy atom. The average molecular weight is 514 g/mol. The molecule has 0 amide bonds. The number of hydrogen-bond acceptors (Lipinski definition) is 0. The van der Waals surface area contributed by atoms with Crippen LogP contribution < -0.4 is 16.4 Å². The fraction of sp³-hybridized carbons (Fsp3) is 0.0500. The highest BCUT2D eigenvalue weighted by atomic mass is 14.3. The van der Waals surface area contributed by atoms with E-state index in [2.05, 4.69) is 115 Å². The van der Waals surface area contributed by atoms with Crippen molar-refractivity contribution >= 4 is 44.6 Å². The Morgan fingerprint density at radius 2 is 0.854 bits per heavy atom. The molecule has 0 spiro atoms. The topological polar surface area (TPSA) is 0 Å². The number of benzene rings is 7. The summed E-state index contributed by atoms with van der Waals surface area (Å²) in [5, 5.41) is 5.72. The van der Waals surface area contributed by atoms with Crippen molar-refractivity contribution < 1.29 is 0 Å². The maximum Gasteiger partial charge on any atom is 0.244 e. The van der Waals surface area contributed by atoms with E-state index in [1.807, 2.05) is 0 Å². The van der Waals surface area contributed by atoms with Gasteiger partial charge < -0.3 is 0 Å². The van der Waals surface area contributed by atoms with Gasteiger partial charge in [0, 0.05) is 0 Å². The molecular weight excluding hydrogens is 491 g/mol. The minimum Gasteiger partial charge on any atom is -0.0663 e. The van der Waals surface area contributed by atoms with E-state index in [0.29, 0.717) is 0 Å². The van der Waals surface area contributed by atoms with Crippen LogP contribution in [0.25, 0.3) is 66.1 Å². The molecule has 0 N–H and O–H groups in total. The van der Waals surface area contributed by atoms with Gasteiger partial charge in [-0.3, -0.25) is 0 Å². The molecule has 0 saturated heterocycles. The maximum atomic E-state index is 2.53. The van der Waals surface area contributed by atoms with Gasteiger partial charge in [-0.1, -0.05) is 120 Å². The molecule has 4 aliphatic rings. The molecule has 2 aliphatic heterocycles. The molecule has 0 aromatic heterocycles. The van der Waals surface area contributed by atoms with Crippen LogP contribution in [-0.2, 0) is 12.8 Å². The lowest BCUT2D eigenvalue weighted by Gasteiger charge is -2.35. The van der Waals surface area contributed by atoms with E-state index in [9.17, 15) is 0 Å². The quantitative estimate of drug-likeness (QED) is 0.183. The Bertz CT molecular complexity index is 2210. The Kier molecular flexibility index (Phi) is 3.61. The van der Waals surface area contributed by atoms with Gasteiger partial charge in [0.25, 0.3) is 0 Å². The van der Waals surface area contributed by atoms with E-state index in [1.165, 1.54) is 105 Å². The van der Waals surface area contributed by atoms with E-state index in [-0.39, 0.29) is 6.71 Å². The van der Waals surface area contributed by atoms with Gasteiger partial charge >= 0.3 is 0 Å². The molecule has 0 fully saturated rings. The van der Waals surface area contributed by atoms with E-state index in [0.717, 1.165) is 12.8 Å². The minimum absolute atomic E-state index is 0.234. The van der Waals surface area contributed by atoms with Gasteiger partial charge in [-0.05, 0) is 113 Å². The lowest BCUT2D eigenvalue weighted by molar-refractivity contribution is 1.27. The molecule has 0 bridgehead atoms. The molecule has 7 aromatic rings. The highest BCUT2D eigenvalue weighted by Crippen LogP contribution is 2.49. The molecule has 2 heterocycles. The second kappa shape index (κ2) is 7.06. The minimum atomic E-state index is 0.234.